The van der Waals surface area contributed by atoms with Crippen LogP contribution in [0.2, 0.25) is 0 Å². The Morgan fingerprint density at radius 3 is 2.55 bits per heavy atom. The molecule has 1 aliphatic heterocycles. The zero-order valence-electron chi connectivity index (χ0n) is 13.0. The van der Waals surface area contributed by atoms with E-state index in [4.69, 9.17) is 0 Å². The van der Waals surface area contributed by atoms with E-state index in [9.17, 15) is 9.90 Å². The van der Waals surface area contributed by atoms with E-state index in [-0.39, 0.29) is 23.8 Å². The number of nitrogens with one attached hydrogen (secondary N) is 2. The van der Waals surface area contributed by atoms with Gasteiger partial charge in [-0.1, -0.05) is 13.8 Å². The molecule has 2 rings (SSSR count). The molecule has 0 radical (unpaired) electrons. The van der Waals surface area contributed by atoms with Gasteiger partial charge in [0.25, 0.3) is 0 Å². The molecule has 0 aromatic heterocycles. The van der Waals surface area contributed by atoms with Gasteiger partial charge in [-0.25, -0.2) is 0 Å². The molecule has 0 aromatic rings. The third kappa shape index (κ3) is 3.17. The summed E-state index contributed by atoms with van der Waals surface area (Å²) in [5, 5.41) is 15.8. The maximum Gasteiger partial charge on any atom is 0.223 e. The second-order valence-electron chi connectivity index (χ2n) is 6.77. The molecule has 1 unspecified atom stereocenters. The van der Waals surface area contributed by atoms with Crippen LogP contribution in [0.25, 0.3) is 0 Å². The maximum atomic E-state index is 12.4. The van der Waals surface area contributed by atoms with Gasteiger partial charge in [-0.3, -0.25) is 4.79 Å². The smallest absolute Gasteiger partial charge is 0.223 e. The van der Waals surface area contributed by atoms with E-state index in [2.05, 4.69) is 24.5 Å². The monoisotopic (exact) mass is 282 g/mol. The Morgan fingerprint density at radius 2 is 2.00 bits per heavy atom. The predicted octanol–water partition coefficient (Wildman–Crippen LogP) is 1.68. The summed E-state index contributed by atoms with van der Waals surface area (Å²) >= 11 is 0. The molecule has 1 amide bonds. The van der Waals surface area contributed by atoms with E-state index in [0.29, 0.717) is 12.0 Å². The summed E-state index contributed by atoms with van der Waals surface area (Å²) in [7, 11) is 0. The number of rotatable bonds is 7. The molecule has 116 valence electrons. The Balaban J connectivity index is 1.83. The fourth-order valence-corrected chi connectivity index (χ4v) is 3.77. The third-order valence-corrected chi connectivity index (χ3v) is 5.89. The lowest BCUT2D eigenvalue weighted by atomic mass is 9.79. The van der Waals surface area contributed by atoms with Crippen molar-refractivity contribution >= 4 is 5.91 Å². The van der Waals surface area contributed by atoms with Crippen molar-refractivity contribution in [2.24, 2.45) is 16.7 Å². The molecular formula is C16H30N2O2. The molecule has 3 N–H and O–H groups in total. The minimum atomic E-state index is 0.0700. The highest BCUT2D eigenvalue weighted by atomic mass is 16.3. The molecule has 0 aromatic carbocycles. The molecule has 2 aliphatic rings. The fraction of sp³-hybridized carbons (Fsp3) is 0.938. The molecule has 4 heteroatoms. The van der Waals surface area contributed by atoms with Gasteiger partial charge in [0.05, 0.1) is 0 Å². The van der Waals surface area contributed by atoms with Crippen molar-refractivity contribution < 1.29 is 9.90 Å². The first-order chi connectivity index (χ1) is 9.61. The number of amides is 1. The summed E-state index contributed by atoms with van der Waals surface area (Å²) in [5.41, 5.74) is 0.383. The SMILES string of the molecule is CCC(CC)(CCO)CNC(=O)C1CC12CCNCC2. The number of aliphatic hydroxyl groups is 1. The van der Waals surface area contributed by atoms with Gasteiger partial charge in [-0.05, 0) is 62.4 Å². The fourth-order valence-electron chi connectivity index (χ4n) is 3.77. The minimum absolute atomic E-state index is 0.0700. The van der Waals surface area contributed by atoms with Crippen LogP contribution in [0, 0.1) is 16.7 Å². The highest BCUT2D eigenvalue weighted by molar-refractivity contribution is 5.82. The van der Waals surface area contributed by atoms with E-state index in [1.165, 1.54) is 0 Å². The zero-order valence-corrected chi connectivity index (χ0v) is 13.0. The van der Waals surface area contributed by atoms with Crippen LogP contribution < -0.4 is 10.6 Å². The van der Waals surface area contributed by atoms with Crippen molar-refractivity contribution in [1.82, 2.24) is 10.6 Å². The Bertz CT molecular complexity index is 333. The van der Waals surface area contributed by atoms with Gasteiger partial charge in [0.1, 0.15) is 0 Å². The average Bonchev–Trinajstić information content (AvgIpc) is 3.17. The highest BCUT2D eigenvalue weighted by Gasteiger charge is 2.57. The van der Waals surface area contributed by atoms with Crippen LogP contribution in [0.3, 0.4) is 0 Å². The summed E-state index contributed by atoms with van der Waals surface area (Å²) in [4.78, 5) is 12.4. The summed E-state index contributed by atoms with van der Waals surface area (Å²) in [6.07, 6.45) is 6.16. The molecule has 1 saturated carbocycles. The topological polar surface area (TPSA) is 61.4 Å². The quantitative estimate of drug-likeness (QED) is 0.666. The summed E-state index contributed by atoms with van der Waals surface area (Å²) in [5.74, 6) is 0.487. The van der Waals surface area contributed by atoms with Crippen molar-refractivity contribution in [3.8, 4) is 0 Å². The molecule has 20 heavy (non-hydrogen) atoms. The Morgan fingerprint density at radius 1 is 1.35 bits per heavy atom. The Kier molecular flexibility index (Phi) is 5.08. The van der Waals surface area contributed by atoms with Crippen molar-refractivity contribution in [3.63, 3.8) is 0 Å². The van der Waals surface area contributed by atoms with Crippen LogP contribution in [-0.2, 0) is 4.79 Å². The van der Waals surface area contributed by atoms with E-state index >= 15 is 0 Å². The van der Waals surface area contributed by atoms with Gasteiger partial charge >= 0.3 is 0 Å². The van der Waals surface area contributed by atoms with Crippen LogP contribution in [0.15, 0.2) is 0 Å². The predicted molar refractivity (Wildman–Crippen MR) is 80.4 cm³/mol. The molecule has 1 heterocycles. The molecule has 4 nitrogen and oxygen atoms in total. The number of hydrogen-bond acceptors (Lipinski definition) is 3. The Hall–Kier alpha value is -0.610. The lowest BCUT2D eigenvalue weighted by Crippen LogP contribution is -2.40. The van der Waals surface area contributed by atoms with Crippen molar-refractivity contribution in [1.29, 1.82) is 0 Å². The molecule has 1 spiro atoms. The largest absolute Gasteiger partial charge is 0.396 e. The van der Waals surface area contributed by atoms with Crippen LogP contribution >= 0.6 is 0 Å². The van der Waals surface area contributed by atoms with E-state index in [1.807, 2.05) is 0 Å². The first kappa shape index (κ1) is 15.8. The van der Waals surface area contributed by atoms with Crippen LogP contribution in [0.1, 0.15) is 52.4 Å². The van der Waals surface area contributed by atoms with Gasteiger partial charge in [0, 0.05) is 19.1 Å². The van der Waals surface area contributed by atoms with Crippen molar-refractivity contribution in [2.45, 2.75) is 52.4 Å². The zero-order chi connectivity index (χ0) is 14.6. The van der Waals surface area contributed by atoms with Gasteiger partial charge in [0.2, 0.25) is 5.91 Å². The lowest BCUT2D eigenvalue weighted by Gasteiger charge is -2.31. The Labute approximate surface area is 122 Å². The second-order valence-corrected chi connectivity index (χ2v) is 6.77. The van der Waals surface area contributed by atoms with Crippen molar-refractivity contribution in [2.75, 3.05) is 26.2 Å². The first-order valence-electron chi connectivity index (χ1n) is 8.21. The highest BCUT2D eigenvalue weighted by Crippen LogP contribution is 2.58. The maximum absolute atomic E-state index is 12.4. The normalized spacial score (nSPS) is 24.6. The van der Waals surface area contributed by atoms with Gasteiger partial charge in [-0.15, -0.1) is 0 Å². The van der Waals surface area contributed by atoms with E-state index < -0.39 is 0 Å². The third-order valence-electron chi connectivity index (χ3n) is 5.89. The molecule has 1 aliphatic carbocycles. The summed E-state index contributed by atoms with van der Waals surface area (Å²) in [6, 6.07) is 0. The molecule has 2 fully saturated rings. The molecular weight excluding hydrogens is 252 g/mol. The number of piperidine rings is 1. The summed E-state index contributed by atoms with van der Waals surface area (Å²) < 4.78 is 0. The van der Waals surface area contributed by atoms with Gasteiger partial charge in [-0.2, -0.15) is 0 Å². The van der Waals surface area contributed by atoms with Gasteiger partial charge in [0.15, 0.2) is 0 Å². The van der Waals surface area contributed by atoms with Crippen LogP contribution in [0.5, 0.6) is 0 Å². The van der Waals surface area contributed by atoms with Crippen molar-refractivity contribution in [3.05, 3.63) is 0 Å². The average molecular weight is 282 g/mol. The van der Waals surface area contributed by atoms with E-state index in [0.717, 1.165) is 51.6 Å². The number of aliphatic hydroxyl groups excluding tert-OH is 1. The van der Waals surface area contributed by atoms with Crippen LogP contribution in [-0.4, -0.2) is 37.3 Å². The standard InChI is InChI=1S/C16H30N2O2/c1-3-15(4-2,7-10-19)12-18-14(20)13-11-16(13)5-8-17-9-6-16/h13,17,19H,3-12H2,1-2H3,(H,18,20). The van der Waals surface area contributed by atoms with E-state index in [1.54, 1.807) is 0 Å². The molecule has 1 saturated heterocycles. The number of carbonyl (C=O) groups is 1. The second kappa shape index (κ2) is 6.44. The molecule has 1 atom stereocenters. The molecule has 0 bridgehead atoms. The lowest BCUT2D eigenvalue weighted by molar-refractivity contribution is -0.123. The summed E-state index contributed by atoms with van der Waals surface area (Å²) in [6.45, 7) is 7.33. The minimum Gasteiger partial charge on any atom is -0.396 e. The number of hydrogen-bond donors (Lipinski definition) is 3. The number of carbonyl (C=O) groups excluding carboxylic acids is 1. The van der Waals surface area contributed by atoms with Crippen LogP contribution in [0.4, 0.5) is 0 Å². The van der Waals surface area contributed by atoms with Gasteiger partial charge < -0.3 is 15.7 Å². The first-order valence-corrected chi connectivity index (χ1v) is 8.21.